The maximum absolute atomic E-state index is 12.5. The molecule has 0 bridgehead atoms. The van der Waals surface area contributed by atoms with Crippen molar-refractivity contribution in [3.63, 3.8) is 0 Å². The number of carbonyl (C=O) groups excluding carboxylic acids is 2. The Morgan fingerprint density at radius 3 is 1.80 bits per heavy atom. The van der Waals surface area contributed by atoms with Gasteiger partial charge in [0.25, 0.3) is 0 Å². The van der Waals surface area contributed by atoms with Gasteiger partial charge in [-0.25, -0.2) is 0 Å². The first kappa shape index (κ1) is 15.1. The molecule has 0 saturated carbocycles. The van der Waals surface area contributed by atoms with E-state index >= 15 is 0 Å². The summed E-state index contributed by atoms with van der Waals surface area (Å²) < 4.78 is 37.6. The van der Waals surface area contributed by atoms with Crippen LogP contribution in [0.15, 0.2) is 0 Å². The van der Waals surface area contributed by atoms with Gasteiger partial charge in [0, 0.05) is 39.3 Å². The molecular formula is C12H18F3N3O2. The van der Waals surface area contributed by atoms with E-state index in [0.717, 1.165) is 0 Å². The van der Waals surface area contributed by atoms with Crippen LogP contribution in [0.2, 0.25) is 0 Å². The lowest BCUT2D eigenvalue weighted by atomic mass is 9.96. The SMILES string of the molecule is O=C(C(=O)N1CCC(C(F)(F)F)CC1)N1CCNCC1. The fraction of sp³-hybridized carbons (Fsp3) is 0.833. The fourth-order valence-corrected chi connectivity index (χ4v) is 2.55. The molecule has 8 heteroatoms. The number of hydrogen-bond donors (Lipinski definition) is 1. The van der Waals surface area contributed by atoms with E-state index in [9.17, 15) is 22.8 Å². The van der Waals surface area contributed by atoms with E-state index < -0.39 is 23.9 Å². The zero-order chi connectivity index (χ0) is 14.8. The Morgan fingerprint density at radius 1 is 0.900 bits per heavy atom. The Balaban J connectivity index is 1.86. The zero-order valence-electron chi connectivity index (χ0n) is 11.1. The molecule has 0 aromatic rings. The number of amides is 2. The third-order valence-corrected chi connectivity index (χ3v) is 3.83. The molecule has 0 aliphatic carbocycles. The number of piperidine rings is 1. The summed E-state index contributed by atoms with van der Waals surface area (Å²) in [5.41, 5.74) is 0. The Labute approximate surface area is 115 Å². The van der Waals surface area contributed by atoms with Crippen LogP contribution in [0.25, 0.3) is 0 Å². The van der Waals surface area contributed by atoms with E-state index in [4.69, 9.17) is 0 Å². The van der Waals surface area contributed by atoms with Crippen LogP contribution >= 0.6 is 0 Å². The van der Waals surface area contributed by atoms with Gasteiger partial charge in [-0.2, -0.15) is 13.2 Å². The Bertz CT molecular complexity index is 373. The summed E-state index contributed by atoms with van der Waals surface area (Å²) in [6.45, 7) is 2.19. The normalized spacial score (nSPS) is 21.9. The minimum Gasteiger partial charge on any atom is -0.334 e. The van der Waals surface area contributed by atoms with Crippen LogP contribution in [0, 0.1) is 5.92 Å². The molecule has 2 rings (SSSR count). The predicted molar refractivity (Wildman–Crippen MR) is 64.8 cm³/mol. The molecule has 2 fully saturated rings. The predicted octanol–water partition coefficient (Wildman–Crippen LogP) is 0.219. The van der Waals surface area contributed by atoms with E-state index in [2.05, 4.69) is 5.32 Å². The second-order valence-corrected chi connectivity index (χ2v) is 5.15. The highest BCUT2D eigenvalue weighted by molar-refractivity contribution is 6.34. The summed E-state index contributed by atoms with van der Waals surface area (Å²) in [5.74, 6) is -2.63. The van der Waals surface area contributed by atoms with Crippen LogP contribution < -0.4 is 5.32 Å². The maximum atomic E-state index is 12.5. The second-order valence-electron chi connectivity index (χ2n) is 5.15. The van der Waals surface area contributed by atoms with Crippen LogP contribution in [0.3, 0.4) is 0 Å². The largest absolute Gasteiger partial charge is 0.391 e. The van der Waals surface area contributed by atoms with Crippen molar-refractivity contribution in [2.75, 3.05) is 39.3 Å². The molecule has 2 aliphatic heterocycles. The van der Waals surface area contributed by atoms with E-state index in [1.807, 2.05) is 0 Å². The Kier molecular flexibility index (Phi) is 4.52. The van der Waals surface area contributed by atoms with Gasteiger partial charge in [0.2, 0.25) is 0 Å². The van der Waals surface area contributed by atoms with E-state index in [1.54, 1.807) is 0 Å². The molecule has 0 spiro atoms. The lowest BCUT2D eigenvalue weighted by Gasteiger charge is -2.34. The average molecular weight is 293 g/mol. The smallest absolute Gasteiger partial charge is 0.334 e. The molecule has 0 unspecified atom stereocenters. The molecular weight excluding hydrogens is 275 g/mol. The number of piperazine rings is 1. The molecule has 0 radical (unpaired) electrons. The van der Waals surface area contributed by atoms with Gasteiger partial charge >= 0.3 is 18.0 Å². The van der Waals surface area contributed by atoms with Crippen molar-refractivity contribution < 1.29 is 22.8 Å². The number of nitrogens with zero attached hydrogens (tertiary/aromatic N) is 2. The van der Waals surface area contributed by atoms with Crippen LogP contribution in [0.1, 0.15) is 12.8 Å². The van der Waals surface area contributed by atoms with Gasteiger partial charge < -0.3 is 15.1 Å². The topological polar surface area (TPSA) is 52.7 Å². The van der Waals surface area contributed by atoms with Crippen molar-refractivity contribution in [2.24, 2.45) is 5.92 Å². The highest BCUT2D eigenvalue weighted by atomic mass is 19.4. The first-order chi connectivity index (χ1) is 9.39. The highest BCUT2D eigenvalue weighted by Crippen LogP contribution is 2.34. The molecule has 2 aliphatic rings. The minimum absolute atomic E-state index is 0.000833. The molecule has 20 heavy (non-hydrogen) atoms. The standard InChI is InChI=1S/C12H18F3N3O2/c13-12(14,15)9-1-5-17(6-2-9)10(19)11(20)18-7-3-16-4-8-18/h9,16H,1-8H2. The number of carbonyl (C=O) groups is 2. The van der Waals surface area contributed by atoms with Gasteiger partial charge in [-0.15, -0.1) is 0 Å². The van der Waals surface area contributed by atoms with Gasteiger partial charge in [0.05, 0.1) is 5.92 Å². The summed E-state index contributed by atoms with van der Waals surface area (Å²) in [6.07, 6.45) is -4.45. The van der Waals surface area contributed by atoms with E-state index in [0.29, 0.717) is 26.2 Å². The Hall–Kier alpha value is -1.31. The first-order valence-electron chi connectivity index (χ1n) is 6.75. The summed E-state index contributed by atoms with van der Waals surface area (Å²) >= 11 is 0. The molecule has 0 aromatic carbocycles. The van der Waals surface area contributed by atoms with Gasteiger partial charge in [-0.05, 0) is 12.8 Å². The van der Waals surface area contributed by atoms with Crippen LogP contribution in [0.4, 0.5) is 13.2 Å². The lowest BCUT2D eigenvalue weighted by Crippen LogP contribution is -2.53. The van der Waals surface area contributed by atoms with Crippen molar-refractivity contribution >= 4 is 11.8 Å². The monoisotopic (exact) mass is 293 g/mol. The van der Waals surface area contributed by atoms with Crippen LogP contribution in [-0.4, -0.2) is 67.1 Å². The number of hydrogen-bond acceptors (Lipinski definition) is 3. The van der Waals surface area contributed by atoms with Crippen molar-refractivity contribution in [2.45, 2.75) is 19.0 Å². The average Bonchev–Trinajstić information content (AvgIpc) is 2.46. The molecule has 2 heterocycles. The lowest BCUT2D eigenvalue weighted by molar-refractivity contribution is -0.186. The third kappa shape index (κ3) is 3.41. The van der Waals surface area contributed by atoms with Gasteiger partial charge in [0.1, 0.15) is 0 Å². The van der Waals surface area contributed by atoms with Crippen molar-refractivity contribution in [3.8, 4) is 0 Å². The number of nitrogens with one attached hydrogen (secondary N) is 1. The molecule has 114 valence electrons. The highest BCUT2D eigenvalue weighted by Gasteiger charge is 2.42. The second kappa shape index (κ2) is 5.99. The van der Waals surface area contributed by atoms with Crippen molar-refractivity contribution in [3.05, 3.63) is 0 Å². The van der Waals surface area contributed by atoms with Gasteiger partial charge in [0.15, 0.2) is 0 Å². The van der Waals surface area contributed by atoms with Crippen molar-refractivity contribution in [1.29, 1.82) is 0 Å². The van der Waals surface area contributed by atoms with Gasteiger partial charge in [-0.3, -0.25) is 9.59 Å². The molecule has 5 nitrogen and oxygen atoms in total. The Morgan fingerprint density at radius 2 is 1.35 bits per heavy atom. The maximum Gasteiger partial charge on any atom is 0.391 e. The fourth-order valence-electron chi connectivity index (χ4n) is 2.55. The van der Waals surface area contributed by atoms with E-state index in [-0.39, 0.29) is 25.9 Å². The summed E-state index contributed by atoms with van der Waals surface area (Å²) in [5, 5.41) is 3.07. The number of alkyl halides is 3. The molecule has 0 atom stereocenters. The molecule has 2 saturated heterocycles. The third-order valence-electron chi connectivity index (χ3n) is 3.83. The van der Waals surface area contributed by atoms with E-state index in [1.165, 1.54) is 9.80 Å². The molecule has 2 amide bonds. The molecule has 0 aromatic heterocycles. The zero-order valence-corrected chi connectivity index (χ0v) is 11.1. The van der Waals surface area contributed by atoms with Crippen LogP contribution in [-0.2, 0) is 9.59 Å². The molecule has 1 N–H and O–H groups in total. The van der Waals surface area contributed by atoms with Gasteiger partial charge in [-0.1, -0.05) is 0 Å². The number of likely N-dealkylation sites (tertiary alicyclic amines) is 1. The summed E-state index contributed by atoms with van der Waals surface area (Å²) in [6, 6.07) is 0. The minimum atomic E-state index is -4.21. The first-order valence-corrected chi connectivity index (χ1v) is 6.75. The quantitative estimate of drug-likeness (QED) is 0.650. The summed E-state index contributed by atoms with van der Waals surface area (Å²) in [7, 11) is 0. The number of halogens is 3. The van der Waals surface area contributed by atoms with Crippen molar-refractivity contribution in [1.82, 2.24) is 15.1 Å². The number of rotatable bonds is 0. The van der Waals surface area contributed by atoms with Crippen LogP contribution in [0.5, 0.6) is 0 Å². The summed E-state index contributed by atoms with van der Waals surface area (Å²) in [4.78, 5) is 26.6.